The molecule has 0 saturated carbocycles. The molecule has 0 spiro atoms. The highest BCUT2D eigenvalue weighted by Gasteiger charge is 2.27. The summed E-state index contributed by atoms with van der Waals surface area (Å²) in [6.07, 6.45) is 0. The predicted molar refractivity (Wildman–Crippen MR) is 97.1 cm³/mol. The van der Waals surface area contributed by atoms with E-state index in [1.54, 1.807) is 0 Å². The summed E-state index contributed by atoms with van der Waals surface area (Å²) in [6, 6.07) is 20.1. The Labute approximate surface area is 139 Å². The monoisotopic (exact) mass is 331 g/mol. The Morgan fingerprint density at radius 1 is 0.783 bits per heavy atom. The molecule has 0 saturated heterocycles. The van der Waals surface area contributed by atoms with Gasteiger partial charge in [-0.1, -0.05) is 74.5 Å². The molecule has 0 aromatic heterocycles. The second-order valence-corrected chi connectivity index (χ2v) is 7.71. The average Bonchev–Trinajstić information content (AvgIpc) is 2.61. The summed E-state index contributed by atoms with van der Waals surface area (Å²) < 4.78 is 15.4. The van der Waals surface area contributed by atoms with Crippen molar-refractivity contribution in [3.05, 3.63) is 71.8 Å². The van der Waals surface area contributed by atoms with Gasteiger partial charge < -0.3 is 0 Å². The molecule has 124 valence electrons. The number of rotatable bonds is 9. The van der Waals surface area contributed by atoms with Crippen LogP contribution in [0.5, 0.6) is 0 Å². The van der Waals surface area contributed by atoms with Crippen LogP contribution in [0.25, 0.3) is 0 Å². The van der Waals surface area contributed by atoms with Crippen LogP contribution in [-0.4, -0.2) is 17.8 Å². The molecule has 0 fully saturated rings. The molecule has 2 aromatic carbocycles. The molecule has 2 N–H and O–H groups in total. The van der Waals surface area contributed by atoms with Gasteiger partial charge in [0, 0.05) is 26.2 Å². The number of hydrogen-bond acceptors (Lipinski definition) is 1. The number of benzene rings is 2. The molecule has 0 unspecified atom stereocenters. The van der Waals surface area contributed by atoms with E-state index in [9.17, 15) is 4.57 Å². The second kappa shape index (κ2) is 8.99. The van der Waals surface area contributed by atoms with Crippen LogP contribution in [-0.2, 0) is 17.7 Å². The molecule has 0 heterocycles. The van der Waals surface area contributed by atoms with Crippen LogP contribution >= 0.6 is 7.59 Å². The lowest BCUT2D eigenvalue weighted by atomic mass is 10.2. The van der Waals surface area contributed by atoms with Gasteiger partial charge in [-0.25, -0.2) is 14.8 Å². The van der Waals surface area contributed by atoms with Crippen molar-refractivity contribution in [1.29, 1.82) is 0 Å². The average molecular weight is 331 g/mol. The largest absolute Gasteiger partial charge is 0.282 e. The van der Waals surface area contributed by atoms with Crippen molar-refractivity contribution in [2.75, 3.05) is 13.1 Å². The first-order valence-corrected chi connectivity index (χ1v) is 9.77. The Kier molecular flexibility index (Phi) is 7.00. The molecule has 23 heavy (non-hydrogen) atoms. The Morgan fingerprint density at radius 3 is 1.52 bits per heavy atom. The summed E-state index contributed by atoms with van der Waals surface area (Å²) in [7, 11) is -2.83. The van der Waals surface area contributed by atoms with E-state index >= 15 is 0 Å². The lowest BCUT2D eigenvalue weighted by molar-refractivity contribution is 0.419. The standard InChI is InChI=1S/C18H26N3OP/c1-3-21(4-2)23(22,19-15-17-11-7-5-8-12-17)20-16-18-13-9-6-10-14-18/h5-14H,3-4,15-16H2,1-2H3,(H2,19,20,22). The molecular weight excluding hydrogens is 305 g/mol. The second-order valence-electron chi connectivity index (χ2n) is 5.36. The topological polar surface area (TPSA) is 44.4 Å². The molecule has 4 nitrogen and oxygen atoms in total. The third kappa shape index (κ3) is 5.29. The van der Waals surface area contributed by atoms with Crippen molar-refractivity contribution in [3.8, 4) is 0 Å². The Balaban J connectivity index is 2.07. The van der Waals surface area contributed by atoms with Crippen LogP contribution in [0.1, 0.15) is 25.0 Å². The van der Waals surface area contributed by atoms with Crippen molar-refractivity contribution in [2.45, 2.75) is 26.9 Å². The molecular formula is C18H26N3OP. The smallest absolute Gasteiger partial charge is 0.271 e. The minimum Gasteiger partial charge on any atom is -0.271 e. The molecule has 0 amide bonds. The van der Waals surface area contributed by atoms with Crippen LogP contribution in [0.2, 0.25) is 0 Å². The van der Waals surface area contributed by atoms with Gasteiger partial charge in [0.05, 0.1) is 0 Å². The third-order valence-corrected chi connectivity index (χ3v) is 6.34. The summed E-state index contributed by atoms with van der Waals surface area (Å²) in [5.74, 6) is 0. The molecule has 0 aliphatic rings. The zero-order chi connectivity index (χ0) is 16.5. The van der Waals surface area contributed by atoms with E-state index in [-0.39, 0.29) is 0 Å². The van der Waals surface area contributed by atoms with E-state index in [1.807, 2.05) is 79.2 Å². The van der Waals surface area contributed by atoms with Gasteiger partial charge in [-0.15, -0.1) is 0 Å². The molecule has 0 radical (unpaired) electrons. The fourth-order valence-corrected chi connectivity index (χ4v) is 4.57. The summed E-state index contributed by atoms with van der Waals surface area (Å²) in [5, 5.41) is 6.51. The third-order valence-electron chi connectivity index (χ3n) is 3.81. The normalized spacial score (nSPS) is 11.8. The minimum atomic E-state index is -2.83. The summed E-state index contributed by atoms with van der Waals surface area (Å²) >= 11 is 0. The van der Waals surface area contributed by atoms with E-state index in [0.717, 1.165) is 24.2 Å². The van der Waals surface area contributed by atoms with E-state index in [4.69, 9.17) is 0 Å². The molecule has 0 bridgehead atoms. The van der Waals surface area contributed by atoms with E-state index in [2.05, 4.69) is 10.2 Å². The molecule has 2 rings (SSSR count). The molecule has 0 aliphatic heterocycles. The summed E-state index contributed by atoms with van der Waals surface area (Å²) in [6.45, 7) is 6.69. The van der Waals surface area contributed by atoms with Gasteiger partial charge in [0.25, 0.3) is 7.59 Å². The number of nitrogens with one attached hydrogen (secondary N) is 2. The van der Waals surface area contributed by atoms with Crippen LogP contribution in [0.3, 0.4) is 0 Å². The van der Waals surface area contributed by atoms with Gasteiger partial charge in [-0.05, 0) is 11.1 Å². The van der Waals surface area contributed by atoms with E-state index < -0.39 is 7.59 Å². The number of nitrogens with zero attached hydrogens (tertiary/aromatic N) is 1. The fraction of sp³-hybridized carbons (Fsp3) is 0.333. The first-order chi connectivity index (χ1) is 11.2. The first-order valence-electron chi connectivity index (χ1n) is 8.11. The van der Waals surface area contributed by atoms with Crippen molar-refractivity contribution >= 4 is 7.59 Å². The van der Waals surface area contributed by atoms with E-state index in [1.165, 1.54) is 0 Å². The van der Waals surface area contributed by atoms with Crippen LogP contribution in [0.15, 0.2) is 60.7 Å². The molecule has 2 aromatic rings. The number of hydrogen-bond donors (Lipinski definition) is 2. The quantitative estimate of drug-likeness (QED) is 0.681. The van der Waals surface area contributed by atoms with Crippen LogP contribution < -0.4 is 10.2 Å². The van der Waals surface area contributed by atoms with Gasteiger partial charge in [0.15, 0.2) is 0 Å². The fourth-order valence-electron chi connectivity index (χ4n) is 2.47. The predicted octanol–water partition coefficient (Wildman–Crippen LogP) is 4.02. The lowest BCUT2D eigenvalue weighted by Crippen LogP contribution is -2.35. The molecule has 5 heteroatoms. The Hall–Kier alpha value is -1.45. The first kappa shape index (κ1) is 17.9. The summed E-state index contributed by atoms with van der Waals surface area (Å²) in [4.78, 5) is 0. The minimum absolute atomic E-state index is 0.580. The SMILES string of the molecule is CCN(CC)P(=O)(NCc1ccccc1)NCc1ccccc1. The Bertz CT molecular complexity index is 567. The van der Waals surface area contributed by atoms with Crippen molar-refractivity contribution < 1.29 is 4.57 Å². The highest BCUT2D eigenvalue weighted by atomic mass is 31.2. The van der Waals surface area contributed by atoms with Gasteiger partial charge in [0.2, 0.25) is 0 Å². The summed E-state index contributed by atoms with van der Waals surface area (Å²) in [5.41, 5.74) is 2.25. The molecule has 0 atom stereocenters. The highest BCUT2D eigenvalue weighted by Crippen LogP contribution is 2.41. The Morgan fingerprint density at radius 2 is 1.17 bits per heavy atom. The maximum atomic E-state index is 13.4. The maximum absolute atomic E-state index is 13.4. The van der Waals surface area contributed by atoms with Crippen molar-refractivity contribution in [1.82, 2.24) is 14.8 Å². The van der Waals surface area contributed by atoms with Gasteiger partial charge >= 0.3 is 0 Å². The zero-order valence-corrected chi connectivity index (χ0v) is 14.8. The van der Waals surface area contributed by atoms with Gasteiger partial charge in [0.1, 0.15) is 0 Å². The van der Waals surface area contributed by atoms with E-state index in [0.29, 0.717) is 13.1 Å². The highest BCUT2D eigenvalue weighted by molar-refractivity contribution is 7.57. The molecule has 0 aliphatic carbocycles. The van der Waals surface area contributed by atoms with Gasteiger partial charge in [-0.2, -0.15) is 0 Å². The van der Waals surface area contributed by atoms with Crippen LogP contribution in [0, 0.1) is 0 Å². The lowest BCUT2D eigenvalue weighted by Gasteiger charge is -2.31. The zero-order valence-electron chi connectivity index (χ0n) is 13.9. The maximum Gasteiger partial charge on any atom is 0.282 e. The van der Waals surface area contributed by atoms with Gasteiger partial charge in [-0.3, -0.25) is 4.57 Å². The van der Waals surface area contributed by atoms with Crippen molar-refractivity contribution in [2.24, 2.45) is 0 Å². The van der Waals surface area contributed by atoms with Crippen LogP contribution in [0.4, 0.5) is 0 Å². The van der Waals surface area contributed by atoms with Crippen molar-refractivity contribution in [3.63, 3.8) is 0 Å².